The van der Waals surface area contributed by atoms with Crippen LogP contribution in [0.3, 0.4) is 0 Å². The normalized spacial score (nSPS) is 19.4. The van der Waals surface area contributed by atoms with E-state index in [2.05, 4.69) is 29.9 Å². The molecule has 1 aliphatic rings. The first kappa shape index (κ1) is 15.5. The second kappa shape index (κ2) is 9.35. The standard InChI is InChI=1S/C10H14N2.C5H11Cl/c1-12-7-3-5-10(12)9-4-2-6-11-8-9;1-2-3-4-5-6/h2,4,6,8,10H,3,5,7H2,1H3;2-5H2,1H3/t10-;/m0./s1. The van der Waals surface area contributed by atoms with Gasteiger partial charge < -0.3 is 0 Å². The topological polar surface area (TPSA) is 16.1 Å². The minimum Gasteiger partial charge on any atom is -0.299 e. The number of hydrogen-bond acceptors (Lipinski definition) is 2. The summed E-state index contributed by atoms with van der Waals surface area (Å²) in [7, 11) is 2.19. The lowest BCUT2D eigenvalue weighted by Crippen LogP contribution is -2.17. The Hall–Kier alpha value is -0.600. The van der Waals surface area contributed by atoms with Crippen molar-refractivity contribution in [2.45, 2.75) is 45.1 Å². The first-order valence-corrected chi connectivity index (χ1v) is 7.49. The van der Waals surface area contributed by atoms with Gasteiger partial charge in [-0.3, -0.25) is 9.88 Å². The maximum atomic E-state index is 5.38. The van der Waals surface area contributed by atoms with Crippen molar-refractivity contribution in [1.82, 2.24) is 9.88 Å². The first-order valence-electron chi connectivity index (χ1n) is 6.95. The van der Waals surface area contributed by atoms with Gasteiger partial charge in [0.2, 0.25) is 0 Å². The number of likely N-dealkylation sites (tertiary alicyclic amines) is 1. The largest absolute Gasteiger partial charge is 0.299 e. The van der Waals surface area contributed by atoms with Gasteiger partial charge in [-0.25, -0.2) is 0 Å². The third kappa shape index (κ3) is 5.36. The van der Waals surface area contributed by atoms with Crippen LogP contribution in [0.2, 0.25) is 0 Å². The fraction of sp³-hybridized carbons (Fsp3) is 0.667. The average molecular weight is 269 g/mol. The van der Waals surface area contributed by atoms with Crippen LogP contribution in [0.4, 0.5) is 0 Å². The Balaban J connectivity index is 0.000000232. The van der Waals surface area contributed by atoms with Gasteiger partial charge in [-0.1, -0.05) is 25.8 Å². The lowest BCUT2D eigenvalue weighted by atomic mass is 10.1. The van der Waals surface area contributed by atoms with E-state index in [9.17, 15) is 0 Å². The number of unbranched alkanes of at least 4 members (excludes halogenated alkanes) is 2. The van der Waals surface area contributed by atoms with Crippen LogP contribution in [0.1, 0.15) is 50.6 Å². The van der Waals surface area contributed by atoms with Crippen molar-refractivity contribution < 1.29 is 0 Å². The molecule has 2 rings (SSSR count). The quantitative estimate of drug-likeness (QED) is 0.599. The van der Waals surface area contributed by atoms with Crippen molar-refractivity contribution in [1.29, 1.82) is 0 Å². The molecule has 0 bridgehead atoms. The maximum Gasteiger partial charge on any atom is 0.0360 e. The summed E-state index contributed by atoms with van der Waals surface area (Å²) in [4.78, 5) is 6.54. The smallest absolute Gasteiger partial charge is 0.0360 e. The van der Waals surface area contributed by atoms with Gasteiger partial charge in [-0.2, -0.15) is 0 Å². The molecule has 1 aromatic rings. The van der Waals surface area contributed by atoms with Gasteiger partial charge >= 0.3 is 0 Å². The molecule has 0 aliphatic carbocycles. The fourth-order valence-electron chi connectivity index (χ4n) is 2.25. The van der Waals surface area contributed by atoms with E-state index in [0.717, 1.165) is 5.88 Å². The van der Waals surface area contributed by atoms with Crippen molar-refractivity contribution in [2.75, 3.05) is 19.5 Å². The second-order valence-corrected chi connectivity index (χ2v) is 5.20. The van der Waals surface area contributed by atoms with E-state index in [0.29, 0.717) is 6.04 Å². The molecule has 102 valence electrons. The summed E-state index contributed by atoms with van der Waals surface area (Å²) in [6.45, 7) is 3.39. The van der Waals surface area contributed by atoms with Crippen molar-refractivity contribution in [3.63, 3.8) is 0 Å². The maximum absolute atomic E-state index is 5.38. The Morgan fingerprint density at radius 3 is 2.72 bits per heavy atom. The summed E-state index contributed by atoms with van der Waals surface area (Å²) in [5, 5.41) is 0. The Labute approximate surface area is 116 Å². The molecule has 1 atom stereocenters. The first-order chi connectivity index (χ1) is 8.79. The highest BCUT2D eigenvalue weighted by Crippen LogP contribution is 2.29. The van der Waals surface area contributed by atoms with Crippen molar-refractivity contribution in [2.24, 2.45) is 0 Å². The van der Waals surface area contributed by atoms with Crippen LogP contribution in [0.5, 0.6) is 0 Å². The van der Waals surface area contributed by atoms with Gasteiger partial charge in [0.15, 0.2) is 0 Å². The summed E-state index contributed by atoms with van der Waals surface area (Å²) in [6, 6.07) is 4.79. The summed E-state index contributed by atoms with van der Waals surface area (Å²) in [5.41, 5.74) is 1.36. The molecule has 1 fully saturated rings. The van der Waals surface area contributed by atoms with Crippen LogP contribution in [0, 0.1) is 0 Å². The molecular formula is C15H25ClN2. The Bertz CT molecular complexity index is 299. The lowest BCUT2D eigenvalue weighted by molar-refractivity contribution is 0.317. The van der Waals surface area contributed by atoms with E-state index in [4.69, 9.17) is 11.6 Å². The van der Waals surface area contributed by atoms with E-state index in [1.54, 1.807) is 0 Å². The van der Waals surface area contributed by atoms with Crippen LogP contribution >= 0.6 is 11.6 Å². The number of pyridine rings is 1. The zero-order valence-electron chi connectivity index (χ0n) is 11.6. The van der Waals surface area contributed by atoms with E-state index in [-0.39, 0.29) is 0 Å². The van der Waals surface area contributed by atoms with Crippen LogP contribution in [-0.4, -0.2) is 29.4 Å². The molecule has 2 nitrogen and oxygen atoms in total. The number of aromatic nitrogens is 1. The molecule has 1 saturated heterocycles. The molecule has 0 aromatic carbocycles. The van der Waals surface area contributed by atoms with E-state index in [1.165, 1.54) is 44.2 Å². The van der Waals surface area contributed by atoms with Gasteiger partial charge in [0, 0.05) is 24.3 Å². The summed E-state index contributed by atoms with van der Waals surface area (Å²) in [5.74, 6) is 0.827. The molecule has 1 aliphatic heterocycles. The zero-order valence-corrected chi connectivity index (χ0v) is 12.4. The zero-order chi connectivity index (χ0) is 13.2. The average Bonchev–Trinajstić information content (AvgIpc) is 2.84. The summed E-state index contributed by atoms with van der Waals surface area (Å²) >= 11 is 5.38. The molecule has 1 aromatic heterocycles. The minimum absolute atomic E-state index is 0.610. The number of rotatable bonds is 4. The second-order valence-electron chi connectivity index (χ2n) is 4.82. The van der Waals surface area contributed by atoms with E-state index < -0.39 is 0 Å². The van der Waals surface area contributed by atoms with Crippen LogP contribution in [-0.2, 0) is 0 Å². The number of alkyl halides is 1. The molecular weight excluding hydrogens is 244 g/mol. The van der Waals surface area contributed by atoms with Gasteiger partial charge in [-0.05, 0) is 44.5 Å². The minimum atomic E-state index is 0.610. The monoisotopic (exact) mass is 268 g/mol. The summed E-state index contributed by atoms with van der Waals surface area (Å²) < 4.78 is 0. The van der Waals surface area contributed by atoms with Crippen molar-refractivity contribution in [3.05, 3.63) is 30.1 Å². The molecule has 0 spiro atoms. The van der Waals surface area contributed by atoms with Gasteiger partial charge in [0.05, 0.1) is 0 Å². The van der Waals surface area contributed by atoms with E-state index >= 15 is 0 Å². The molecule has 0 amide bonds. The van der Waals surface area contributed by atoms with Gasteiger partial charge in [-0.15, -0.1) is 11.6 Å². The van der Waals surface area contributed by atoms with Crippen molar-refractivity contribution >= 4 is 11.6 Å². The lowest BCUT2D eigenvalue weighted by Gasteiger charge is -2.18. The molecule has 0 N–H and O–H groups in total. The highest BCUT2D eigenvalue weighted by Gasteiger charge is 2.21. The molecule has 0 radical (unpaired) electrons. The van der Waals surface area contributed by atoms with Gasteiger partial charge in [0.1, 0.15) is 0 Å². The van der Waals surface area contributed by atoms with Gasteiger partial charge in [0.25, 0.3) is 0 Å². The molecule has 2 heterocycles. The van der Waals surface area contributed by atoms with Crippen LogP contribution in [0.25, 0.3) is 0 Å². The third-order valence-electron chi connectivity index (χ3n) is 3.33. The molecule has 0 saturated carbocycles. The Kier molecular flexibility index (Phi) is 8.03. The summed E-state index contributed by atoms with van der Waals surface area (Å²) in [6.07, 6.45) is 10.1. The number of hydrogen-bond donors (Lipinski definition) is 0. The molecule has 3 heteroatoms. The van der Waals surface area contributed by atoms with Crippen LogP contribution < -0.4 is 0 Å². The predicted molar refractivity (Wildman–Crippen MR) is 79.1 cm³/mol. The van der Waals surface area contributed by atoms with Crippen LogP contribution in [0.15, 0.2) is 24.5 Å². The third-order valence-corrected chi connectivity index (χ3v) is 3.59. The molecule has 18 heavy (non-hydrogen) atoms. The molecule has 0 unspecified atom stereocenters. The highest BCUT2D eigenvalue weighted by atomic mass is 35.5. The van der Waals surface area contributed by atoms with E-state index in [1.807, 2.05) is 18.5 Å². The highest BCUT2D eigenvalue weighted by molar-refractivity contribution is 6.17. The number of halogens is 1. The van der Waals surface area contributed by atoms with Crippen molar-refractivity contribution in [3.8, 4) is 0 Å². The fourth-order valence-corrected chi connectivity index (χ4v) is 2.44. The predicted octanol–water partition coefficient (Wildman–Crippen LogP) is 4.26. The SMILES string of the molecule is CCCCCCl.CN1CCC[C@H]1c1cccnc1. The number of nitrogens with zero attached hydrogens (tertiary/aromatic N) is 2. The Morgan fingerprint density at radius 1 is 1.44 bits per heavy atom. The Morgan fingerprint density at radius 2 is 2.28 bits per heavy atom.